The molecular weight excluding hydrogens is 313 g/mol. The summed E-state index contributed by atoms with van der Waals surface area (Å²) in [6.07, 6.45) is 2.73. The molecule has 0 aliphatic carbocycles. The summed E-state index contributed by atoms with van der Waals surface area (Å²) in [6, 6.07) is 5.73. The van der Waals surface area contributed by atoms with E-state index in [0.717, 1.165) is 30.5 Å². The standard InChI is InChI=1S/C14H17Cl2N3S/c1-3-5-12-14(20-19-18-12)13(17-2)8-9-10(15)6-4-7-11(9)16/h4,6-7,13,17H,3,5,8H2,1-2H3. The lowest BCUT2D eigenvalue weighted by Gasteiger charge is -2.17. The molecule has 6 heteroatoms. The van der Waals surface area contributed by atoms with E-state index in [1.807, 2.05) is 25.2 Å². The van der Waals surface area contributed by atoms with Gasteiger partial charge in [0.1, 0.15) is 0 Å². The van der Waals surface area contributed by atoms with Crippen molar-refractivity contribution in [3.05, 3.63) is 44.4 Å². The molecule has 2 aromatic rings. The number of nitrogens with one attached hydrogen (secondary N) is 1. The van der Waals surface area contributed by atoms with E-state index < -0.39 is 0 Å². The molecule has 0 saturated heterocycles. The summed E-state index contributed by atoms with van der Waals surface area (Å²) in [5, 5.41) is 8.95. The predicted octanol–water partition coefficient (Wildman–Crippen LogP) is 4.30. The van der Waals surface area contributed by atoms with Crippen LogP contribution < -0.4 is 5.32 Å². The zero-order valence-corrected chi connectivity index (χ0v) is 13.8. The lowest BCUT2D eigenvalue weighted by molar-refractivity contribution is 0.593. The number of rotatable bonds is 6. The van der Waals surface area contributed by atoms with Crippen molar-refractivity contribution in [3.8, 4) is 0 Å². The van der Waals surface area contributed by atoms with Gasteiger partial charge >= 0.3 is 0 Å². The first kappa shape index (κ1) is 15.7. The molecular formula is C14H17Cl2N3S. The molecule has 1 atom stereocenters. The lowest BCUT2D eigenvalue weighted by atomic mass is 10.0. The second-order valence-corrected chi connectivity index (χ2v) is 6.18. The van der Waals surface area contributed by atoms with Crippen molar-refractivity contribution < 1.29 is 0 Å². The van der Waals surface area contributed by atoms with Crippen LogP contribution in [0, 0.1) is 0 Å². The minimum atomic E-state index is 0.133. The highest BCUT2D eigenvalue weighted by molar-refractivity contribution is 7.05. The van der Waals surface area contributed by atoms with Gasteiger partial charge in [0.15, 0.2) is 0 Å². The molecule has 0 amide bonds. The van der Waals surface area contributed by atoms with Gasteiger partial charge in [0.05, 0.1) is 10.6 Å². The maximum atomic E-state index is 6.25. The van der Waals surface area contributed by atoms with Gasteiger partial charge in [0.2, 0.25) is 0 Å². The molecule has 0 radical (unpaired) electrons. The Labute approximate surface area is 133 Å². The normalized spacial score (nSPS) is 12.6. The van der Waals surface area contributed by atoms with E-state index in [0.29, 0.717) is 10.0 Å². The van der Waals surface area contributed by atoms with Crippen LogP contribution in [0.4, 0.5) is 0 Å². The highest BCUT2D eigenvalue weighted by Crippen LogP contribution is 2.31. The number of hydrogen-bond acceptors (Lipinski definition) is 4. The van der Waals surface area contributed by atoms with Crippen molar-refractivity contribution in [3.63, 3.8) is 0 Å². The second-order valence-electron chi connectivity index (χ2n) is 4.58. The Morgan fingerprint density at radius 2 is 2.00 bits per heavy atom. The van der Waals surface area contributed by atoms with Gasteiger partial charge < -0.3 is 5.32 Å². The molecule has 3 nitrogen and oxygen atoms in total. The Balaban J connectivity index is 2.27. The van der Waals surface area contributed by atoms with Gasteiger partial charge in [-0.05, 0) is 49.1 Å². The fourth-order valence-corrected chi connectivity index (χ4v) is 3.50. The molecule has 0 saturated carbocycles. The van der Waals surface area contributed by atoms with Crippen LogP contribution in [0.15, 0.2) is 18.2 Å². The van der Waals surface area contributed by atoms with Crippen LogP contribution in [-0.2, 0) is 12.8 Å². The van der Waals surface area contributed by atoms with Crippen LogP contribution in [0.5, 0.6) is 0 Å². The predicted molar refractivity (Wildman–Crippen MR) is 85.9 cm³/mol. The van der Waals surface area contributed by atoms with Gasteiger partial charge in [-0.3, -0.25) is 0 Å². The highest BCUT2D eigenvalue weighted by atomic mass is 35.5. The molecule has 0 spiro atoms. The van der Waals surface area contributed by atoms with Crippen molar-refractivity contribution in [2.24, 2.45) is 0 Å². The molecule has 1 unspecified atom stereocenters. The first-order valence-electron chi connectivity index (χ1n) is 6.58. The van der Waals surface area contributed by atoms with Gasteiger partial charge in [-0.2, -0.15) is 0 Å². The van der Waals surface area contributed by atoms with Gasteiger partial charge in [-0.25, -0.2) is 0 Å². The van der Waals surface area contributed by atoms with Crippen LogP contribution in [0.3, 0.4) is 0 Å². The fraction of sp³-hybridized carbons (Fsp3) is 0.429. The number of aromatic nitrogens is 2. The Kier molecular flexibility index (Phi) is 5.78. The molecule has 0 bridgehead atoms. The molecule has 2 rings (SSSR count). The third-order valence-electron chi connectivity index (χ3n) is 3.21. The third kappa shape index (κ3) is 3.50. The van der Waals surface area contributed by atoms with Crippen molar-refractivity contribution in [1.82, 2.24) is 14.9 Å². The average molecular weight is 330 g/mol. The van der Waals surface area contributed by atoms with Crippen LogP contribution in [0.25, 0.3) is 0 Å². The van der Waals surface area contributed by atoms with E-state index in [9.17, 15) is 0 Å². The van der Waals surface area contributed by atoms with Gasteiger partial charge in [-0.1, -0.05) is 47.1 Å². The highest BCUT2D eigenvalue weighted by Gasteiger charge is 2.20. The minimum Gasteiger partial charge on any atom is -0.312 e. The van der Waals surface area contributed by atoms with E-state index in [-0.39, 0.29) is 6.04 Å². The van der Waals surface area contributed by atoms with Crippen LogP contribution in [0.2, 0.25) is 10.0 Å². The molecule has 108 valence electrons. The molecule has 1 aromatic heterocycles. The molecule has 0 fully saturated rings. The fourth-order valence-electron chi connectivity index (χ4n) is 2.15. The second kappa shape index (κ2) is 7.36. The first-order chi connectivity index (χ1) is 9.67. The number of nitrogens with zero attached hydrogens (tertiary/aromatic N) is 2. The smallest absolute Gasteiger partial charge is 0.0803 e. The number of hydrogen-bond donors (Lipinski definition) is 1. The number of benzene rings is 1. The molecule has 0 aliphatic heterocycles. The van der Waals surface area contributed by atoms with Gasteiger partial charge in [0, 0.05) is 16.1 Å². The molecule has 1 N–H and O–H groups in total. The zero-order chi connectivity index (χ0) is 14.5. The Morgan fingerprint density at radius 1 is 1.30 bits per heavy atom. The monoisotopic (exact) mass is 329 g/mol. The van der Waals surface area contributed by atoms with E-state index >= 15 is 0 Å². The number of halogens is 2. The van der Waals surface area contributed by atoms with Gasteiger partial charge in [0.25, 0.3) is 0 Å². The summed E-state index contributed by atoms with van der Waals surface area (Å²) in [7, 11) is 1.94. The quantitative estimate of drug-likeness (QED) is 0.858. The maximum absolute atomic E-state index is 6.25. The molecule has 1 heterocycles. The Bertz CT molecular complexity index is 551. The summed E-state index contributed by atoms with van der Waals surface area (Å²) in [5.74, 6) is 0. The lowest BCUT2D eigenvalue weighted by Crippen LogP contribution is -2.19. The van der Waals surface area contributed by atoms with Crippen LogP contribution in [0.1, 0.15) is 35.5 Å². The van der Waals surface area contributed by atoms with E-state index in [1.165, 1.54) is 16.4 Å². The summed E-state index contributed by atoms with van der Waals surface area (Å²) in [6.45, 7) is 2.14. The summed E-state index contributed by atoms with van der Waals surface area (Å²) in [5.41, 5.74) is 2.03. The van der Waals surface area contributed by atoms with Crippen molar-refractivity contribution in [1.29, 1.82) is 0 Å². The number of likely N-dealkylation sites (N-methyl/N-ethyl adjacent to an activating group) is 1. The van der Waals surface area contributed by atoms with Gasteiger partial charge in [-0.15, -0.1) is 5.10 Å². The Hall–Kier alpha value is -0.680. The third-order valence-corrected chi connectivity index (χ3v) is 4.80. The molecule has 1 aromatic carbocycles. The first-order valence-corrected chi connectivity index (χ1v) is 8.11. The van der Waals surface area contributed by atoms with E-state index in [4.69, 9.17) is 23.2 Å². The number of aryl methyl sites for hydroxylation is 1. The topological polar surface area (TPSA) is 37.8 Å². The molecule has 20 heavy (non-hydrogen) atoms. The maximum Gasteiger partial charge on any atom is 0.0803 e. The van der Waals surface area contributed by atoms with E-state index in [1.54, 1.807) is 0 Å². The molecule has 0 aliphatic rings. The van der Waals surface area contributed by atoms with Crippen LogP contribution in [-0.4, -0.2) is 16.6 Å². The largest absolute Gasteiger partial charge is 0.312 e. The van der Waals surface area contributed by atoms with Crippen molar-refractivity contribution in [2.75, 3.05) is 7.05 Å². The summed E-state index contributed by atoms with van der Waals surface area (Å²) >= 11 is 13.9. The van der Waals surface area contributed by atoms with Crippen molar-refractivity contribution >= 4 is 34.7 Å². The minimum absolute atomic E-state index is 0.133. The van der Waals surface area contributed by atoms with E-state index in [2.05, 4.69) is 21.8 Å². The average Bonchev–Trinajstić information content (AvgIpc) is 2.87. The van der Waals surface area contributed by atoms with Crippen molar-refractivity contribution in [2.45, 2.75) is 32.2 Å². The van der Waals surface area contributed by atoms with Crippen LogP contribution >= 0.6 is 34.7 Å². The Morgan fingerprint density at radius 3 is 2.60 bits per heavy atom. The summed E-state index contributed by atoms with van der Waals surface area (Å²) < 4.78 is 4.08. The summed E-state index contributed by atoms with van der Waals surface area (Å²) in [4.78, 5) is 1.17. The SMILES string of the molecule is CCCc1nnsc1C(Cc1c(Cl)cccc1Cl)NC. The zero-order valence-electron chi connectivity index (χ0n) is 11.5.